The quantitative estimate of drug-likeness (QED) is 0.854. The Labute approximate surface area is 118 Å². The first-order valence-corrected chi connectivity index (χ1v) is 6.39. The molecule has 20 heavy (non-hydrogen) atoms. The Morgan fingerprint density at radius 1 is 1.30 bits per heavy atom. The number of amides is 1. The highest BCUT2D eigenvalue weighted by molar-refractivity contribution is 6.06. The molecule has 0 spiro atoms. The number of carbonyl (C=O) groups excluding carboxylic acids is 1. The molecule has 0 aliphatic rings. The van der Waals surface area contributed by atoms with E-state index in [1.165, 1.54) is 0 Å². The number of rotatable bonds is 4. The van der Waals surface area contributed by atoms with Gasteiger partial charge in [-0.3, -0.25) is 9.78 Å². The molecule has 2 aromatic rings. The number of benzene rings is 1. The SMILES string of the molecule is Cc1cc(C(=O)N(CCC#N)c2ccccc2)ccn1. The van der Waals surface area contributed by atoms with Crippen LogP contribution in [0.2, 0.25) is 0 Å². The van der Waals surface area contributed by atoms with Crippen molar-refractivity contribution in [1.82, 2.24) is 4.98 Å². The van der Waals surface area contributed by atoms with Crippen molar-refractivity contribution in [3.8, 4) is 6.07 Å². The van der Waals surface area contributed by atoms with Crippen molar-refractivity contribution in [1.29, 1.82) is 5.26 Å². The molecule has 0 fully saturated rings. The zero-order valence-corrected chi connectivity index (χ0v) is 11.3. The molecule has 100 valence electrons. The standard InChI is InChI=1S/C16H15N3O/c1-13-12-14(8-10-18-13)16(20)19(11-5-9-17)15-6-3-2-4-7-15/h2-4,6-8,10,12H,5,11H2,1H3. The summed E-state index contributed by atoms with van der Waals surface area (Å²) in [7, 11) is 0. The lowest BCUT2D eigenvalue weighted by Crippen LogP contribution is -2.31. The summed E-state index contributed by atoms with van der Waals surface area (Å²) in [5.74, 6) is -0.114. The maximum atomic E-state index is 12.6. The molecule has 0 unspecified atom stereocenters. The van der Waals surface area contributed by atoms with Gasteiger partial charge in [-0.2, -0.15) is 5.26 Å². The lowest BCUT2D eigenvalue weighted by atomic mass is 10.2. The van der Waals surface area contributed by atoms with Crippen molar-refractivity contribution in [3.63, 3.8) is 0 Å². The van der Waals surface area contributed by atoms with Gasteiger partial charge in [0.05, 0.1) is 12.5 Å². The molecule has 1 aromatic carbocycles. The van der Waals surface area contributed by atoms with Gasteiger partial charge in [0.1, 0.15) is 0 Å². The van der Waals surface area contributed by atoms with Gasteiger partial charge in [0.15, 0.2) is 0 Å². The first-order chi connectivity index (χ1) is 9.72. The Morgan fingerprint density at radius 3 is 2.70 bits per heavy atom. The number of aromatic nitrogens is 1. The van der Waals surface area contributed by atoms with Crippen molar-refractivity contribution in [3.05, 3.63) is 59.9 Å². The van der Waals surface area contributed by atoms with Gasteiger partial charge in [-0.1, -0.05) is 18.2 Å². The minimum absolute atomic E-state index is 0.114. The molecule has 0 aliphatic heterocycles. The van der Waals surface area contributed by atoms with Gasteiger partial charge in [-0.15, -0.1) is 0 Å². The van der Waals surface area contributed by atoms with Crippen molar-refractivity contribution >= 4 is 11.6 Å². The number of nitrogens with zero attached hydrogens (tertiary/aromatic N) is 3. The van der Waals surface area contributed by atoms with Crippen LogP contribution in [-0.2, 0) is 0 Å². The van der Waals surface area contributed by atoms with Crippen LogP contribution in [0.5, 0.6) is 0 Å². The van der Waals surface area contributed by atoms with Gasteiger partial charge >= 0.3 is 0 Å². The number of nitriles is 1. The van der Waals surface area contributed by atoms with E-state index in [9.17, 15) is 4.79 Å². The average Bonchev–Trinajstić information content (AvgIpc) is 2.48. The number of aryl methyl sites for hydroxylation is 1. The Morgan fingerprint density at radius 2 is 2.05 bits per heavy atom. The first-order valence-electron chi connectivity index (χ1n) is 6.39. The summed E-state index contributed by atoms with van der Waals surface area (Å²) in [6.45, 7) is 2.22. The summed E-state index contributed by atoms with van der Waals surface area (Å²) < 4.78 is 0. The number of anilines is 1. The van der Waals surface area contributed by atoms with Crippen LogP contribution in [0.3, 0.4) is 0 Å². The normalized spacial score (nSPS) is 9.80. The van der Waals surface area contributed by atoms with Gasteiger partial charge in [-0.05, 0) is 31.2 Å². The van der Waals surface area contributed by atoms with E-state index >= 15 is 0 Å². The Hall–Kier alpha value is -2.67. The lowest BCUT2D eigenvalue weighted by Gasteiger charge is -2.21. The van der Waals surface area contributed by atoms with Crippen LogP contribution >= 0.6 is 0 Å². The fourth-order valence-electron chi connectivity index (χ4n) is 1.95. The van der Waals surface area contributed by atoms with E-state index in [0.29, 0.717) is 18.5 Å². The van der Waals surface area contributed by atoms with E-state index < -0.39 is 0 Å². The van der Waals surface area contributed by atoms with E-state index in [2.05, 4.69) is 11.1 Å². The van der Waals surface area contributed by atoms with Crippen molar-refractivity contribution in [2.24, 2.45) is 0 Å². The fraction of sp³-hybridized carbons (Fsp3) is 0.188. The third-order valence-electron chi connectivity index (χ3n) is 2.90. The minimum Gasteiger partial charge on any atom is -0.307 e. The van der Waals surface area contributed by atoms with Crippen molar-refractivity contribution in [2.45, 2.75) is 13.3 Å². The molecule has 1 aromatic heterocycles. The van der Waals surface area contributed by atoms with Crippen LogP contribution in [0.4, 0.5) is 5.69 Å². The molecule has 1 amide bonds. The fourth-order valence-corrected chi connectivity index (χ4v) is 1.95. The summed E-state index contributed by atoms with van der Waals surface area (Å²) in [5, 5.41) is 8.76. The monoisotopic (exact) mass is 265 g/mol. The molecule has 4 heteroatoms. The van der Waals surface area contributed by atoms with Crippen molar-refractivity contribution in [2.75, 3.05) is 11.4 Å². The lowest BCUT2D eigenvalue weighted by molar-refractivity contribution is 0.0987. The molecule has 0 aliphatic carbocycles. The summed E-state index contributed by atoms with van der Waals surface area (Å²) in [6.07, 6.45) is 1.92. The van der Waals surface area contributed by atoms with Gasteiger partial charge in [0.2, 0.25) is 0 Å². The third-order valence-corrected chi connectivity index (χ3v) is 2.90. The zero-order valence-electron chi connectivity index (χ0n) is 11.3. The summed E-state index contributed by atoms with van der Waals surface area (Å²) >= 11 is 0. The molecular weight excluding hydrogens is 250 g/mol. The number of carbonyl (C=O) groups is 1. The van der Waals surface area contributed by atoms with E-state index in [1.807, 2.05) is 37.3 Å². The second-order valence-corrected chi connectivity index (χ2v) is 4.39. The van der Waals surface area contributed by atoms with Gasteiger partial charge in [0.25, 0.3) is 5.91 Å². The topological polar surface area (TPSA) is 57.0 Å². The highest BCUT2D eigenvalue weighted by Crippen LogP contribution is 2.17. The van der Waals surface area contributed by atoms with E-state index in [-0.39, 0.29) is 5.91 Å². The number of pyridine rings is 1. The maximum absolute atomic E-state index is 12.6. The largest absolute Gasteiger partial charge is 0.307 e. The summed E-state index contributed by atoms with van der Waals surface area (Å²) in [4.78, 5) is 18.3. The summed E-state index contributed by atoms with van der Waals surface area (Å²) in [6, 6.07) is 14.9. The number of hydrogen-bond donors (Lipinski definition) is 0. The van der Waals surface area contributed by atoms with E-state index in [1.54, 1.807) is 23.2 Å². The van der Waals surface area contributed by atoms with Crippen LogP contribution in [0.25, 0.3) is 0 Å². The second kappa shape index (κ2) is 6.48. The molecule has 0 saturated heterocycles. The van der Waals surface area contributed by atoms with Gasteiger partial charge in [0, 0.05) is 29.7 Å². The average molecular weight is 265 g/mol. The molecule has 0 atom stereocenters. The smallest absolute Gasteiger partial charge is 0.258 e. The molecular formula is C16H15N3O. The predicted octanol–water partition coefficient (Wildman–Crippen LogP) is 2.95. The zero-order chi connectivity index (χ0) is 14.4. The molecule has 0 saturated carbocycles. The van der Waals surface area contributed by atoms with Crippen LogP contribution < -0.4 is 4.90 Å². The van der Waals surface area contributed by atoms with Gasteiger partial charge in [-0.25, -0.2) is 0 Å². The summed E-state index contributed by atoms with van der Waals surface area (Å²) in [5.41, 5.74) is 2.17. The third kappa shape index (κ3) is 3.21. The molecule has 2 rings (SSSR count). The number of hydrogen-bond acceptors (Lipinski definition) is 3. The van der Waals surface area contributed by atoms with Crippen LogP contribution in [0.1, 0.15) is 22.5 Å². The highest BCUT2D eigenvalue weighted by atomic mass is 16.2. The Balaban J connectivity index is 2.32. The van der Waals surface area contributed by atoms with Gasteiger partial charge < -0.3 is 4.90 Å². The van der Waals surface area contributed by atoms with Crippen LogP contribution in [-0.4, -0.2) is 17.4 Å². The molecule has 0 bridgehead atoms. The van der Waals surface area contributed by atoms with E-state index in [0.717, 1.165) is 11.4 Å². The minimum atomic E-state index is -0.114. The molecule has 0 radical (unpaired) electrons. The second-order valence-electron chi connectivity index (χ2n) is 4.39. The van der Waals surface area contributed by atoms with Crippen LogP contribution in [0.15, 0.2) is 48.7 Å². The Bertz CT molecular complexity index is 632. The van der Waals surface area contributed by atoms with Crippen LogP contribution in [0, 0.1) is 18.3 Å². The maximum Gasteiger partial charge on any atom is 0.258 e. The van der Waals surface area contributed by atoms with E-state index in [4.69, 9.17) is 5.26 Å². The van der Waals surface area contributed by atoms with Crippen molar-refractivity contribution < 1.29 is 4.79 Å². The molecule has 1 heterocycles. The predicted molar refractivity (Wildman–Crippen MR) is 77.3 cm³/mol. The number of para-hydroxylation sites is 1. The highest BCUT2D eigenvalue weighted by Gasteiger charge is 2.17. The molecule has 0 N–H and O–H groups in total. The first kappa shape index (κ1) is 13.8. The molecule has 4 nitrogen and oxygen atoms in total. The Kier molecular flexibility index (Phi) is 4.46.